The molecule has 0 saturated carbocycles. The molecule has 0 aromatic heterocycles. The van der Waals surface area contributed by atoms with E-state index in [0.717, 1.165) is 0 Å². The van der Waals surface area contributed by atoms with Gasteiger partial charge in [0, 0.05) is 12.1 Å². The molecule has 1 aromatic rings. The Hall–Kier alpha value is -0.820. The van der Waals surface area contributed by atoms with Gasteiger partial charge in [-0.2, -0.15) is 0 Å². The van der Waals surface area contributed by atoms with Gasteiger partial charge in [-0.15, -0.1) is 0 Å². The second-order valence-electron chi connectivity index (χ2n) is 5.66. The topological polar surface area (TPSA) is 12.0 Å². The fourth-order valence-corrected chi connectivity index (χ4v) is 2.14. The molecule has 2 atom stereocenters. The van der Waals surface area contributed by atoms with Gasteiger partial charge >= 0.3 is 0 Å². The Morgan fingerprint density at radius 2 is 1.67 bits per heavy atom. The number of hydrogen-bond acceptors (Lipinski definition) is 1. The third-order valence-corrected chi connectivity index (χ3v) is 3.76. The van der Waals surface area contributed by atoms with Crippen LogP contribution >= 0.6 is 0 Å². The van der Waals surface area contributed by atoms with Crippen LogP contribution in [0.15, 0.2) is 30.3 Å². The van der Waals surface area contributed by atoms with Gasteiger partial charge in [0.05, 0.1) is 0 Å². The van der Waals surface area contributed by atoms with Gasteiger partial charge < -0.3 is 5.32 Å². The van der Waals surface area contributed by atoms with Gasteiger partial charge in [-0.3, -0.25) is 0 Å². The fraction of sp³-hybridized carbons (Fsp3) is 0.647. The lowest BCUT2D eigenvalue weighted by Gasteiger charge is -2.26. The van der Waals surface area contributed by atoms with Crippen molar-refractivity contribution in [2.45, 2.75) is 65.5 Å². The highest BCUT2D eigenvalue weighted by molar-refractivity contribution is 5.19. The maximum Gasteiger partial charge on any atom is 0.0322 e. The second-order valence-corrected chi connectivity index (χ2v) is 5.66. The van der Waals surface area contributed by atoms with E-state index < -0.39 is 0 Å². The smallest absolute Gasteiger partial charge is 0.0322 e. The predicted molar refractivity (Wildman–Crippen MR) is 80.8 cm³/mol. The van der Waals surface area contributed by atoms with Crippen molar-refractivity contribution < 1.29 is 0 Å². The van der Waals surface area contributed by atoms with Crippen LogP contribution in [0, 0.1) is 5.92 Å². The van der Waals surface area contributed by atoms with E-state index in [4.69, 9.17) is 0 Å². The first-order valence-corrected chi connectivity index (χ1v) is 7.46. The summed E-state index contributed by atoms with van der Waals surface area (Å²) in [5.74, 6) is 0.683. The molecular formula is C17H29N. The second kappa shape index (κ2) is 8.31. The Morgan fingerprint density at radius 3 is 2.22 bits per heavy atom. The summed E-state index contributed by atoms with van der Waals surface area (Å²) in [6, 6.07) is 12.0. The molecule has 0 bridgehead atoms. The minimum absolute atomic E-state index is 0.509. The maximum absolute atomic E-state index is 3.79. The van der Waals surface area contributed by atoms with Crippen molar-refractivity contribution in [3.8, 4) is 0 Å². The van der Waals surface area contributed by atoms with Gasteiger partial charge in [-0.25, -0.2) is 0 Å². The van der Waals surface area contributed by atoms with Crippen LogP contribution in [0.3, 0.4) is 0 Å². The van der Waals surface area contributed by atoms with E-state index in [1.54, 1.807) is 0 Å². The minimum atomic E-state index is 0.509. The first kappa shape index (κ1) is 15.2. The van der Waals surface area contributed by atoms with E-state index in [0.29, 0.717) is 18.0 Å². The molecule has 0 aliphatic heterocycles. The third kappa shape index (κ3) is 5.22. The molecule has 0 aliphatic carbocycles. The average molecular weight is 247 g/mol. The first-order chi connectivity index (χ1) is 8.65. The van der Waals surface area contributed by atoms with Crippen LogP contribution in [-0.2, 0) is 0 Å². The molecular weight excluding hydrogens is 218 g/mol. The van der Waals surface area contributed by atoms with Crippen molar-refractivity contribution in [1.82, 2.24) is 5.32 Å². The average Bonchev–Trinajstić information content (AvgIpc) is 2.38. The Labute approximate surface area is 113 Å². The van der Waals surface area contributed by atoms with Gasteiger partial charge in [0.2, 0.25) is 0 Å². The monoisotopic (exact) mass is 247 g/mol. The number of benzene rings is 1. The van der Waals surface area contributed by atoms with Crippen LogP contribution in [0.2, 0.25) is 0 Å². The van der Waals surface area contributed by atoms with Crippen LogP contribution in [-0.4, -0.2) is 6.04 Å². The van der Waals surface area contributed by atoms with Gasteiger partial charge in [-0.05, 0) is 24.8 Å². The van der Waals surface area contributed by atoms with E-state index in [2.05, 4.69) is 63.3 Å². The van der Waals surface area contributed by atoms with E-state index >= 15 is 0 Å². The molecule has 1 aromatic carbocycles. The number of rotatable bonds is 8. The third-order valence-electron chi connectivity index (χ3n) is 3.76. The summed E-state index contributed by atoms with van der Waals surface area (Å²) in [7, 11) is 0. The molecule has 0 fully saturated rings. The van der Waals surface area contributed by atoms with E-state index in [9.17, 15) is 0 Å². The summed E-state index contributed by atoms with van der Waals surface area (Å²) in [4.78, 5) is 0. The SMILES string of the molecule is CCCCCC(NC(C)C(C)C)c1ccccc1. The summed E-state index contributed by atoms with van der Waals surface area (Å²) in [5.41, 5.74) is 1.43. The first-order valence-electron chi connectivity index (χ1n) is 7.46. The maximum atomic E-state index is 3.79. The molecule has 1 nitrogen and oxygen atoms in total. The van der Waals surface area contributed by atoms with Crippen LogP contribution in [0.25, 0.3) is 0 Å². The summed E-state index contributed by atoms with van der Waals surface area (Å²) in [5, 5.41) is 3.79. The lowest BCUT2D eigenvalue weighted by molar-refractivity contribution is 0.357. The van der Waals surface area contributed by atoms with E-state index in [1.807, 2.05) is 0 Å². The minimum Gasteiger partial charge on any atom is -0.307 e. The summed E-state index contributed by atoms with van der Waals surface area (Å²) in [6.07, 6.45) is 5.19. The van der Waals surface area contributed by atoms with Crippen LogP contribution in [0.4, 0.5) is 0 Å². The summed E-state index contributed by atoms with van der Waals surface area (Å²) < 4.78 is 0. The highest BCUT2D eigenvalue weighted by Gasteiger charge is 2.15. The zero-order valence-corrected chi connectivity index (χ0v) is 12.4. The molecule has 0 aliphatic rings. The zero-order valence-electron chi connectivity index (χ0n) is 12.4. The molecule has 0 radical (unpaired) electrons. The van der Waals surface area contributed by atoms with Gasteiger partial charge in [0.1, 0.15) is 0 Å². The lowest BCUT2D eigenvalue weighted by atomic mass is 9.97. The van der Waals surface area contributed by atoms with Crippen molar-refractivity contribution in [2.75, 3.05) is 0 Å². The Balaban J connectivity index is 2.63. The number of unbranched alkanes of at least 4 members (excludes halogenated alkanes) is 2. The van der Waals surface area contributed by atoms with Crippen LogP contribution < -0.4 is 5.32 Å². The predicted octanol–water partition coefficient (Wildman–Crippen LogP) is 4.94. The van der Waals surface area contributed by atoms with Crippen LogP contribution in [0.1, 0.15) is 65.0 Å². The van der Waals surface area contributed by atoms with Crippen LogP contribution in [0.5, 0.6) is 0 Å². The zero-order chi connectivity index (χ0) is 13.4. The van der Waals surface area contributed by atoms with Gasteiger partial charge in [0.15, 0.2) is 0 Å². The molecule has 18 heavy (non-hydrogen) atoms. The molecule has 1 N–H and O–H groups in total. The normalized spacial score (nSPS) is 14.7. The summed E-state index contributed by atoms with van der Waals surface area (Å²) in [6.45, 7) is 9.12. The van der Waals surface area contributed by atoms with Crippen molar-refractivity contribution in [1.29, 1.82) is 0 Å². The van der Waals surface area contributed by atoms with E-state index in [-0.39, 0.29) is 0 Å². The van der Waals surface area contributed by atoms with Crippen molar-refractivity contribution >= 4 is 0 Å². The Kier molecular flexibility index (Phi) is 7.04. The molecule has 1 rings (SSSR count). The van der Waals surface area contributed by atoms with Gasteiger partial charge in [0.25, 0.3) is 0 Å². The fourth-order valence-electron chi connectivity index (χ4n) is 2.14. The number of hydrogen-bond donors (Lipinski definition) is 1. The largest absolute Gasteiger partial charge is 0.307 e. The van der Waals surface area contributed by atoms with Crippen molar-refractivity contribution in [3.05, 3.63) is 35.9 Å². The van der Waals surface area contributed by atoms with E-state index in [1.165, 1.54) is 31.2 Å². The standard InChI is InChI=1S/C17H29N/c1-5-6-8-13-17(18-15(4)14(2)3)16-11-9-7-10-12-16/h7,9-12,14-15,17-18H,5-6,8,13H2,1-4H3. The lowest BCUT2D eigenvalue weighted by Crippen LogP contribution is -2.34. The van der Waals surface area contributed by atoms with Gasteiger partial charge in [-0.1, -0.05) is 70.4 Å². The molecule has 0 heterocycles. The molecule has 102 valence electrons. The molecule has 0 saturated heterocycles. The molecule has 1 heteroatoms. The molecule has 2 unspecified atom stereocenters. The highest BCUT2D eigenvalue weighted by Crippen LogP contribution is 2.21. The summed E-state index contributed by atoms with van der Waals surface area (Å²) >= 11 is 0. The van der Waals surface area contributed by atoms with Crippen molar-refractivity contribution in [2.24, 2.45) is 5.92 Å². The highest BCUT2D eigenvalue weighted by atomic mass is 14.9. The van der Waals surface area contributed by atoms with Crippen molar-refractivity contribution in [3.63, 3.8) is 0 Å². The Bertz CT molecular complexity index is 305. The molecule has 0 amide bonds. The molecule has 0 spiro atoms. The number of nitrogens with one attached hydrogen (secondary N) is 1. The Morgan fingerprint density at radius 1 is 1.00 bits per heavy atom. The quantitative estimate of drug-likeness (QED) is 0.641.